The van der Waals surface area contributed by atoms with E-state index in [1.54, 1.807) is 19.1 Å². The number of carbonyl (C=O) groups is 1. The highest BCUT2D eigenvalue weighted by Gasteiger charge is 2.23. The summed E-state index contributed by atoms with van der Waals surface area (Å²) in [6.45, 7) is 5.12. The number of hydrogen-bond acceptors (Lipinski definition) is 6. The number of ether oxygens (including phenoxy) is 1. The number of aryl methyl sites for hydroxylation is 2. The lowest BCUT2D eigenvalue weighted by Crippen LogP contribution is -2.24. The van der Waals surface area contributed by atoms with Crippen LogP contribution in [-0.2, 0) is 21.4 Å². The van der Waals surface area contributed by atoms with Crippen LogP contribution in [0.2, 0.25) is 0 Å². The van der Waals surface area contributed by atoms with Crippen LogP contribution < -0.4 is 14.8 Å². The second kappa shape index (κ2) is 8.68. The summed E-state index contributed by atoms with van der Waals surface area (Å²) in [5.74, 6) is 0.0289. The Morgan fingerprint density at radius 1 is 1.17 bits per heavy atom. The predicted octanol–water partition coefficient (Wildman–Crippen LogP) is 3.40. The van der Waals surface area contributed by atoms with Crippen LogP contribution in [0.3, 0.4) is 0 Å². The SMILES string of the molecule is COc1ccc(-c2c(C)noc2NC(C)=O)cc1S(=O)(=O)NCc1ccccc1C. The lowest BCUT2D eigenvalue weighted by atomic mass is 10.1. The molecule has 0 saturated heterocycles. The number of carbonyl (C=O) groups excluding carboxylic acids is 1. The van der Waals surface area contributed by atoms with Crippen LogP contribution in [0.1, 0.15) is 23.7 Å². The van der Waals surface area contributed by atoms with E-state index in [9.17, 15) is 13.2 Å². The Morgan fingerprint density at radius 2 is 1.90 bits per heavy atom. The molecule has 0 saturated carbocycles. The minimum absolute atomic E-state index is 0.0227. The average molecular weight is 429 g/mol. The number of benzene rings is 2. The van der Waals surface area contributed by atoms with E-state index in [2.05, 4.69) is 15.2 Å². The Kier molecular flexibility index (Phi) is 6.23. The van der Waals surface area contributed by atoms with E-state index < -0.39 is 10.0 Å². The number of hydrogen-bond donors (Lipinski definition) is 2. The van der Waals surface area contributed by atoms with E-state index in [-0.39, 0.29) is 29.0 Å². The zero-order valence-corrected chi connectivity index (χ0v) is 18.0. The van der Waals surface area contributed by atoms with Crippen molar-refractivity contribution in [2.24, 2.45) is 0 Å². The Hall–Kier alpha value is -3.17. The van der Waals surface area contributed by atoms with Crippen molar-refractivity contribution in [1.29, 1.82) is 0 Å². The number of aromatic nitrogens is 1. The quantitative estimate of drug-likeness (QED) is 0.596. The highest BCUT2D eigenvalue weighted by Crippen LogP contribution is 2.35. The zero-order valence-electron chi connectivity index (χ0n) is 17.1. The first-order valence-corrected chi connectivity index (χ1v) is 10.7. The number of nitrogens with zero attached hydrogens (tertiary/aromatic N) is 1. The molecule has 0 unspecified atom stereocenters. The third kappa shape index (κ3) is 4.52. The maximum Gasteiger partial charge on any atom is 0.244 e. The molecule has 2 aromatic carbocycles. The molecule has 0 spiro atoms. The fraction of sp³-hybridized carbons (Fsp3) is 0.238. The van der Waals surface area contributed by atoms with Crippen molar-refractivity contribution >= 4 is 21.8 Å². The number of amides is 1. The van der Waals surface area contributed by atoms with Crippen molar-refractivity contribution in [3.63, 3.8) is 0 Å². The number of anilines is 1. The molecule has 0 aliphatic heterocycles. The van der Waals surface area contributed by atoms with Crippen molar-refractivity contribution in [3.8, 4) is 16.9 Å². The van der Waals surface area contributed by atoms with Gasteiger partial charge in [-0.05, 0) is 42.7 Å². The molecule has 30 heavy (non-hydrogen) atoms. The van der Waals surface area contributed by atoms with Gasteiger partial charge in [-0.15, -0.1) is 0 Å². The lowest BCUT2D eigenvalue weighted by molar-refractivity contribution is -0.114. The van der Waals surface area contributed by atoms with Gasteiger partial charge in [0.2, 0.25) is 21.8 Å². The van der Waals surface area contributed by atoms with Crippen LogP contribution in [0.25, 0.3) is 11.1 Å². The van der Waals surface area contributed by atoms with Gasteiger partial charge in [0, 0.05) is 13.5 Å². The van der Waals surface area contributed by atoms with Crippen molar-refractivity contribution in [3.05, 3.63) is 59.3 Å². The molecule has 2 N–H and O–H groups in total. The molecule has 8 nitrogen and oxygen atoms in total. The summed E-state index contributed by atoms with van der Waals surface area (Å²) >= 11 is 0. The second-order valence-corrected chi connectivity index (χ2v) is 8.51. The topological polar surface area (TPSA) is 111 Å². The Labute approximate surface area is 175 Å². The molecule has 0 aliphatic rings. The third-order valence-electron chi connectivity index (χ3n) is 4.61. The molecule has 9 heteroatoms. The van der Waals surface area contributed by atoms with Crippen LogP contribution in [0.15, 0.2) is 51.9 Å². The summed E-state index contributed by atoms with van der Waals surface area (Å²) in [4.78, 5) is 11.4. The highest BCUT2D eigenvalue weighted by molar-refractivity contribution is 7.89. The van der Waals surface area contributed by atoms with Crippen molar-refractivity contribution in [2.45, 2.75) is 32.2 Å². The Balaban J connectivity index is 2.00. The molecular weight excluding hydrogens is 406 g/mol. The normalized spacial score (nSPS) is 11.3. The van der Waals surface area contributed by atoms with Crippen molar-refractivity contribution in [1.82, 2.24) is 9.88 Å². The van der Waals surface area contributed by atoms with E-state index in [1.807, 2.05) is 31.2 Å². The summed E-state index contributed by atoms with van der Waals surface area (Å²) < 4.78 is 39.2. The second-order valence-electron chi connectivity index (χ2n) is 6.77. The summed E-state index contributed by atoms with van der Waals surface area (Å²) in [6, 6.07) is 12.3. The first-order chi connectivity index (χ1) is 14.2. The van der Waals surface area contributed by atoms with Crippen LogP contribution in [0.5, 0.6) is 5.75 Å². The molecule has 0 bridgehead atoms. The largest absolute Gasteiger partial charge is 0.495 e. The van der Waals surface area contributed by atoms with E-state index in [0.717, 1.165) is 11.1 Å². The maximum atomic E-state index is 13.1. The molecule has 0 atom stereocenters. The van der Waals surface area contributed by atoms with Crippen molar-refractivity contribution in [2.75, 3.05) is 12.4 Å². The van der Waals surface area contributed by atoms with Gasteiger partial charge in [0.05, 0.1) is 18.4 Å². The summed E-state index contributed by atoms with van der Waals surface area (Å²) in [7, 11) is -2.49. The molecule has 158 valence electrons. The minimum atomic E-state index is -3.89. The predicted molar refractivity (Wildman–Crippen MR) is 113 cm³/mol. The Morgan fingerprint density at radius 3 is 2.57 bits per heavy atom. The molecule has 0 aliphatic carbocycles. The van der Waals surface area contributed by atoms with Gasteiger partial charge in [-0.3, -0.25) is 10.1 Å². The van der Waals surface area contributed by atoms with Crippen LogP contribution >= 0.6 is 0 Å². The summed E-state index contributed by atoms with van der Waals surface area (Å²) in [5, 5.41) is 6.45. The van der Waals surface area contributed by atoms with E-state index in [1.165, 1.54) is 20.1 Å². The lowest BCUT2D eigenvalue weighted by Gasteiger charge is -2.13. The highest BCUT2D eigenvalue weighted by atomic mass is 32.2. The standard InChI is InChI=1S/C21H23N3O5S/c1-13-7-5-6-8-17(13)12-22-30(26,27)19-11-16(9-10-18(19)28-4)20-14(2)24-29-21(20)23-15(3)25/h5-11,22H,12H2,1-4H3,(H,23,25). The minimum Gasteiger partial charge on any atom is -0.495 e. The van der Waals surface area contributed by atoms with E-state index in [0.29, 0.717) is 16.8 Å². The van der Waals surface area contributed by atoms with Gasteiger partial charge in [0.25, 0.3) is 0 Å². The fourth-order valence-corrected chi connectivity index (χ4v) is 4.26. The molecule has 1 amide bonds. The molecule has 1 heterocycles. The van der Waals surface area contributed by atoms with E-state index in [4.69, 9.17) is 9.26 Å². The first kappa shape index (κ1) is 21.5. The van der Waals surface area contributed by atoms with Gasteiger partial charge in [0.1, 0.15) is 10.6 Å². The van der Waals surface area contributed by atoms with Gasteiger partial charge >= 0.3 is 0 Å². The van der Waals surface area contributed by atoms with Gasteiger partial charge in [-0.2, -0.15) is 0 Å². The fourth-order valence-electron chi connectivity index (χ4n) is 3.06. The third-order valence-corrected chi connectivity index (χ3v) is 6.03. The molecular formula is C21H23N3O5S. The Bertz CT molecular complexity index is 1190. The van der Waals surface area contributed by atoms with Gasteiger partial charge in [-0.25, -0.2) is 13.1 Å². The molecule has 3 rings (SSSR count). The molecule has 1 aromatic heterocycles. The number of nitrogens with one attached hydrogen (secondary N) is 2. The van der Waals surface area contributed by atoms with Crippen LogP contribution in [0.4, 0.5) is 5.88 Å². The monoisotopic (exact) mass is 429 g/mol. The summed E-state index contributed by atoms with van der Waals surface area (Å²) in [6.07, 6.45) is 0. The first-order valence-electron chi connectivity index (χ1n) is 9.19. The summed E-state index contributed by atoms with van der Waals surface area (Å²) in [5.41, 5.74) is 3.40. The van der Waals surface area contributed by atoms with Crippen molar-refractivity contribution < 1.29 is 22.5 Å². The van der Waals surface area contributed by atoms with Gasteiger partial charge < -0.3 is 9.26 Å². The smallest absolute Gasteiger partial charge is 0.244 e. The molecule has 3 aromatic rings. The number of methoxy groups -OCH3 is 1. The number of rotatable bonds is 7. The zero-order chi connectivity index (χ0) is 21.9. The van der Waals surface area contributed by atoms with E-state index >= 15 is 0 Å². The average Bonchev–Trinajstić information content (AvgIpc) is 3.06. The van der Waals surface area contributed by atoms with Crippen LogP contribution in [-0.4, -0.2) is 26.6 Å². The maximum absolute atomic E-state index is 13.1. The van der Waals surface area contributed by atoms with Gasteiger partial charge in [0.15, 0.2) is 0 Å². The van der Waals surface area contributed by atoms with Gasteiger partial charge in [-0.1, -0.05) is 35.5 Å². The molecule has 0 radical (unpaired) electrons. The number of sulfonamides is 1. The van der Waals surface area contributed by atoms with Crippen LogP contribution in [0, 0.1) is 13.8 Å². The molecule has 0 fully saturated rings.